The Labute approximate surface area is 168 Å². The summed E-state index contributed by atoms with van der Waals surface area (Å²) in [6.45, 7) is 0.744. The highest BCUT2D eigenvalue weighted by atomic mass is 32.1. The molecule has 0 bridgehead atoms. The van der Waals surface area contributed by atoms with Gasteiger partial charge in [0.15, 0.2) is 28.1 Å². The van der Waals surface area contributed by atoms with E-state index >= 15 is 0 Å². The molecule has 8 nitrogen and oxygen atoms in total. The lowest BCUT2D eigenvalue weighted by Gasteiger charge is -2.13. The van der Waals surface area contributed by atoms with E-state index in [1.165, 1.54) is 0 Å². The quantitative estimate of drug-likeness (QED) is 0.497. The lowest BCUT2D eigenvalue weighted by atomic mass is 10.1. The fourth-order valence-corrected chi connectivity index (χ4v) is 2.78. The zero-order valence-corrected chi connectivity index (χ0v) is 16.4. The molecule has 0 spiro atoms. The maximum atomic E-state index is 12.2. The van der Waals surface area contributed by atoms with Crippen LogP contribution in [0.1, 0.15) is 15.9 Å². The Balaban J connectivity index is 1.43. The maximum Gasteiger partial charge on any atom is 0.269 e. The third kappa shape index (κ3) is 4.74. The summed E-state index contributed by atoms with van der Waals surface area (Å²) in [5.74, 6) is 2.20. The van der Waals surface area contributed by atoms with Gasteiger partial charge >= 0.3 is 0 Å². The molecule has 0 fully saturated rings. The monoisotopic (exact) mass is 403 g/mol. The second kappa shape index (κ2) is 9.14. The second-order valence-electron chi connectivity index (χ2n) is 5.84. The van der Waals surface area contributed by atoms with Crippen LogP contribution in [0.4, 0.5) is 0 Å². The van der Waals surface area contributed by atoms with Gasteiger partial charge in [-0.3, -0.25) is 15.6 Å². The smallest absolute Gasteiger partial charge is 0.269 e. The van der Waals surface area contributed by atoms with Crippen molar-refractivity contribution < 1.29 is 23.7 Å². The van der Waals surface area contributed by atoms with Crippen molar-refractivity contribution >= 4 is 23.2 Å². The van der Waals surface area contributed by atoms with Gasteiger partial charge in [-0.15, -0.1) is 0 Å². The zero-order chi connectivity index (χ0) is 19.9. The van der Waals surface area contributed by atoms with Crippen LogP contribution in [0.25, 0.3) is 0 Å². The van der Waals surface area contributed by atoms with Gasteiger partial charge in [0.2, 0.25) is 6.79 Å². The number of hydrogen-bond donors (Lipinski definition) is 3. The Kier molecular flexibility index (Phi) is 6.38. The number of carbonyl (C=O) groups excluding carboxylic acids is 1. The Morgan fingerprint density at radius 2 is 1.82 bits per heavy atom. The Morgan fingerprint density at radius 3 is 2.61 bits per heavy atom. The van der Waals surface area contributed by atoms with E-state index in [-0.39, 0.29) is 12.7 Å². The first-order valence-corrected chi connectivity index (χ1v) is 8.96. The summed E-state index contributed by atoms with van der Waals surface area (Å²) < 4.78 is 21.0. The predicted octanol–water partition coefficient (Wildman–Crippen LogP) is 1.78. The van der Waals surface area contributed by atoms with Gasteiger partial charge in [0, 0.05) is 12.1 Å². The van der Waals surface area contributed by atoms with E-state index in [0.29, 0.717) is 40.2 Å². The summed E-state index contributed by atoms with van der Waals surface area (Å²) in [6, 6.07) is 10.7. The fourth-order valence-electron chi connectivity index (χ4n) is 2.62. The molecule has 0 atom stereocenters. The van der Waals surface area contributed by atoms with Crippen molar-refractivity contribution in [3.63, 3.8) is 0 Å². The number of ether oxygens (including phenoxy) is 4. The predicted molar refractivity (Wildman–Crippen MR) is 107 cm³/mol. The van der Waals surface area contributed by atoms with Crippen molar-refractivity contribution in [2.75, 3.05) is 27.6 Å². The summed E-state index contributed by atoms with van der Waals surface area (Å²) >= 11 is 5.18. The Morgan fingerprint density at radius 1 is 1.04 bits per heavy atom. The molecule has 2 aromatic rings. The molecule has 0 radical (unpaired) electrons. The van der Waals surface area contributed by atoms with Gasteiger partial charge in [-0.05, 0) is 54.5 Å². The van der Waals surface area contributed by atoms with Crippen LogP contribution in [0.3, 0.4) is 0 Å². The topological polar surface area (TPSA) is 90.1 Å². The van der Waals surface area contributed by atoms with E-state index < -0.39 is 0 Å². The van der Waals surface area contributed by atoms with Gasteiger partial charge in [0.1, 0.15) is 0 Å². The summed E-state index contributed by atoms with van der Waals surface area (Å²) in [5, 5.41) is 3.35. The summed E-state index contributed by atoms with van der Waals surface area (Å²) in [7, 11) is 3.20. The third-order valence-corrected chi connectivity index (χ3v) is 4.32. The van der Waals surface area contributed by atoms with Crippen LogP contribution >= 0.6 is 12.2 Å². The molecule has 0 unspecified atom stereocenters. The molecule has 1 aliphatic heterocycles. The highest BCUT2D eigenvalue weighted by Crippen LogP contribution is 2.32. The van der Waals surface area contributed by atoms with Gasteiger partial charge in [-0.2, -0.15) is 0 Å². The van der Waals surface area contributed by atoms with Crippen LogP contribution < -0.4 is 35.1 Å². The molecule has 3 rings (SSSR count). The molecule has 2 aromatic carbocycles. The minimum absolute atomic E-state index is 0.159. The number of thiocarbonyl (C=S) groups is 1. The van der Waals surface area contributed by atoms with E-state index in [1.54, 1.807) is 32.4 Å². The maximum absolute atomic E-state index is 12.2. The fraction of sp³-hybridized carbons (Fsp3) is 0.263. The van der Waals surface area contributed by atoms with E-state index in [9.17, 15) is 4.79 Å². The van der Waals surface area contributed by atoms with Gasteiger partial charge in [-0.1, -0.05) is 6.07 Å². The lowest BCUT2D eigenvalue weighted by molar-refractivity contribution is 0.0943. The molecule has 28 heavy (non-hydrogen) atoms. The van der Waals surface area contributed by atoms with Crippen molar-refractivity contribution in [3.8, 4) is 23.0 Å². The number of nitrogens with one attached hydrogen (secondary N) is 3. The molecule has 0 aromatic heterocycles. The molecule has 1 heterocycles. The molecule has 0 aliphatic carbocycles. The molecule has 0 saturated heterocycles. The first-order valence-electron chi connectivity index (χ1n) is 8.55. The van der Waals surface area contributed by atoms with E-state index in [4.69, 9.17) is 31.2 Å². The SMILES string of the molecule is COc1ccc(CCNC(=S)NNC(=O)c2ccc3c(c2)OCO3)cc1OC. The Hall–Kier alpha value is -3.20. The van der Waals surface area contributed by atoms with Gasteiger partial charge in [0.05, 0.1) is 14.2 Å². The third-order valence-electron chi connectivity index (χ3n) is 4.07. The second-order valence-corrected chi connectivity index (χ2v) is 6.25. The van der Waals surface area contributed by atoms with Crippen LogP contribution in [0.15, 0.2) is 36.4 Å². The first-order chi connectivity index (χ1) is 13.6. The summed E-state index contributed by atoms with van der Waals surface area (Å²) in [4.78, 5) is 12.2. The highest BCUT2D eigenvalue weighted by molar-refractivity contribution is 7.80. The van der Waals surface area contributed by atoms with E-state index in [0.717, 1.165) is 12.0 Å². The molecule has 1 amide bonds. The summed E-state index contributed by atoms with van der Waals surface area (Å²) in [6.07, 6.45) is 0.721. The van der Waals surface area contributed by atoms with Crippen LogP contribution in [-0.2, 0) is 6.42 Å². The average molecular weight is 403 g/mol. The van der Waals surface area contributed by atoms with Crippen LogP contribution in [-0.4, -0.2) is 38.6 Å². The number of hydrogen-bond acceptors (Lipinski definition) is 6. The number of carbonyl (C=O) groups is 1. The minimum Gasteiger partial charge on any atom is -0.493 e. The number of amides is 1. The van der Waals surface area contributed by atoms with Crippen molar-refractivity contribution in [2.45, 2.75) is 6.42 Å². The van der Waals surface area contributed by atoms with Gasteiger partial charge in [0.25, 0.3) is 5.91 Å². The standard InChI is InChI=1S/C19H21N3O5S/c1-24-14-5-3-12(9-16(14)25-2)7-8-20-19(28)22-21-18(23)13-4-6-15-17(10-13)27-11-26-15/h3-6,9-10H,7-8,11H2,1-2H3,(H,21,23)(H2,20,22,28). The van der Waals surface area contributed by atoms with E-state index in [2.05, 4.69) is 16.2 Å². The number of benzene rings is 2. The normalized spacial score (nSPS) is 11.5. The van der Waals surface area contributed by atoms with Crippen molar-refractivity contribution in [1.82, 2.24) is 16.2 Å². The number of rotatable bonds is 6. The molecule has 3 N–H and O–H groups in total. The largest absolute Gasteiger partial charge is 0.493 e. The van der Waals surface area contributed by atoms with Crippen LogP contribution in [0.2, 0.25) is 0 Å². The highest BCUT2D eigenvalue weighted by Gasteiger charge is 2.16. The molecule has 148 valence electrons. The minimum atomic E-state index is -0.331. The molecule has 0 saturated carbocycles. The molecular weight excluding hydrogens is 382 g/mol. The van der Waals surface area contributed by atoms with Crippen molar-refractivity contribution in [1.29, 1.82) is 0 Å². The van der Waals surface area contributed by atoms with Crippen LogP contribution in [0.5, 0.6) is 23.0 Å². The van der Waals surface area contributed by atoms with Gasteiger partial charge in [-0.25, -0.2) is 0 Å². The van der Waals surface area contributed by atoms with Crippen molar-refractivity contribution in [2.24, 2.45) is 0 Å². The van der Waals surface area contributed by atoms with Crippen molar-refractivity contribution in [3.05, 3.63) is 47.5 Å². The average Bonchev–Trinajstić information content (AvgIpc) is 3.19. The van der Waals surface area contributed by atoms with Gasteiger partial charge < -0.3 is 24.3 Å². The molecule has 1 aliphatic rings. The lowest BCUT2D eigenvalue weighted by Crippen LogP contribution is -2.47. The van der Waals surface area contributed by atoms with E-state index in [1.807, 2.05) is 18.2 Å². The summed E-state index contributed by atoms with van der Waals surface area (Å²) in [5.41, 5.74) is 6.73. The molecule has 9 heteroatoms. The van der Waals surface area contributed by atoms with Crippen LogP contribution in [0, 0.1) is 0 Å². The molecular formula is C19H21N3O5S. The number of fused-ring (bicyclic) bond motifs is 1. The zero-order valence-electron chi connectivity index (χ0n) is 15.5. The Bertz CT molecular complexity index is 875. The number of methoxy groups -OCH3 is 2. The number of hydrazine groups is 1. The first kappa shape index (κ1) is 19.6.